The topological polar surface area (TPSA) is 12.0 Å². The van der Waals surface area contributed by atoms with Gasteiger partial charge in [-0.1, -0.05) is 36.5 Å². The summed E-state index contributed by atoms with van der Waals surface area (Å²) in [6, 6.07) is 7.96. The molecule has 0 fully saturated rings. The monoisotopic (exact) mass is 209 g/mol. The zero-order valence-corrected chi connectivity index (χ0v) is 8.87. The number of anilines is 1. The summed E-state index contributed by atoms with van der Waals surface area (Å²) in [4.78, 5) is 0. The van der Waals surface area contributed by atoms with E-state index >= 15 is 0 Å². The third kappa shape index (κ3) is 3.20. The number of thiocarbonyl (C=S) groups is 1. The van der Waals surface area contributed by atoms with Crippen molar-refractivity contribution in [3.05, 3.63) is 42.5 Å². The van der Waals surface area contributed by atoms with E-state index in [0.29, 0.717) is 4.32 Å². The maximum Gasteiger partial charge on any atom is 0.135 e. The molecule has 0 atom stereocenters. The Labute approximate surface area is 89.3 Å². The van der Waals surface area contributed by atoms with Crippen molar-refractivity contribution in [2.24, 2.45) is 0 Å². The Hall–Kier alpha value is -0.800. The van der Waals surface area contributed by atoms with Gasteiger partial charge in [-0.3, -0.25) is 0 Å². The van der Waals surface area contributed by atoms with Crippen molar-refractivity contribution in [2.75, 3.05) is 5.32 Å². The molecule has 1 rings (SSSR count). The molecule has 0 saturated heterocycles. The molecule has 1 aromatic carbocycles. The van der Waals surface area contributed by atoms with Gasteiger partial charge < -0.3 is 5.32 Å². The van der Waals surface area contributed by atoms with Crippen LogP contribution in [0.15, 0.2) is 36.9 Å². The van der Waals surface area contributed by atoms with Crippen LogP contribution in [-0.2, 0) is 6.42 Å². The van der Waals surface area contributed by atoms with Crippen LogP contribution in [0, 0.1) is 0 Å². The first kappa shape index (κ1) is 10.3. The molecular formula is C10H11NS2. The minimum Gasteiger partial charge on any atom is -0.341 e. The second kappa shape index (κ2) is 5.04. The van der Waals surface area contributed by atoms with E-state index in [1.54, 1.807) is 0 Å². The Morgan fingerprint density at radius 3 is 2.85 bits per heavy atom. The number of hydrogen-bond acceptors (Lipinski definition) is 1. The van der Waals surface area contributed by atoms with Crippen LogP contribution in [0.2, 0.25) is 0 Å². The van der Waals surface area contributed by atoms with Crippen LogP contribution < -0.4 is 5.32 Å². The fraction of sp³-hybridized carbons (Fsp3) is 0.100. The van der Waals surface area contributed by atoms with Crippen LogP contribution in [0.4, 0.5) is 5.69 Å². The van der Waals surface area contributed by atoms with E-state index in [9.17, 15) is 0 Å². The van der Waals surface area contributed by atoms with Crippen LogP contribution in [0.1, 0.15) is 5.56 Å². The quantitative estimate of drug-likeness (QED) is 0.451. The molecule has 1 N–H and O–H groups in total. The second-order valence-corrected chi connectivity index (χ2v) is 3.74. The minimum atomic E-state index is 0.483. The predicted molar refractivity (Wildman–Crippen MR) is 65.5 cm³/mol. The van der Waals surface area contributed by atoms with Crippen molar-refractivity contribution in [3.63, 3.8) is 0 Å². The highest BCUT2D eigenvalue weighted by atomic mass is 32.1. The lowest BCUT2D eigenvalue weighted by molar-refractivity contribution is 1.28. The molecule has 0 bridgehead atoms. The van der Waals surface area contributed by atoms with Crippen molar-refractivity contribution in [2.45, 2.75) is 6.42 Å². The molecule has 0 amide bonds. The Kier molecular flexibility index (Phi) is 3.99. The maximum atomic E-state index is 4.85. The molecule has 0 unspecified atom stereocenters. The summed E-state index contributed by atoms with van der Waals surface area (Å²) >= 11 is 8.87. The van der Waals surface area contributed by atoms with Crippen molar-refractivity contribution >= 4 is 34.9 Å². The van der Waals surface area contributed by atoms with Gasteiger partial charge in [0.15, 0.2) is 0 Å². The molecule has 0 aliphatic heterocycles. The Morgan fingerprint density at radius 1 is 1.54 bits per heavy atom. The average Bonchev–Trinajstić information content (AvgIpc) is 2.08. The molecule has 0 aromatic heterocycles. The fourth-order valence-electron chi connectivity index (χ4n) is 1.09. The molecule has 0 aliphatic rings. The van der Waals surface area contributed by atoms with E-state index in [1.807, 2.05) is 30.3 Å². The molecule has 3 heteroatoms. The number of para-hydroxylation sites is 1. The second-order valence-electron chi connectivity index (χ2n) is 2.58. The highest BCUT2D eigenvalue weighted by Gasteiger charge is 1.98. The molecule has 1 nitrogen and oxygen atoms in total. The van der Waals surface area contributed by atoms with Crippen molar-refractivity contribution in [3.8, 4) is 0 Å². The number of benzene rings is 1. The molecule has 1 aromatic rings. The van der Waals surface area contributed by atoms with Crippen LogP contribution >= 0.6 is 24.8 Å². The normalized spacial score (nSPS) is 9.31. The molecule has 68 valence electrons. The Balaban J connectivity index is 2.90. The summed E-state index contributed by atoms with van der Waals surface area (Å²) in [7, 11) is 0. The summed E-state index contributed by atoms with van der Waals surface area (Å²) in [6.45, 7) is 3.70. The van der Waals surface area contributed by atoms with Crippen molar-refractivity contribution < 1.29 is 0 Å². The number of nitrogens with one attached hydrogen (secondary N) is 1. The van der Waals surface area contributed by atoms with E-state index in [-0.39, 0.29) is 0 Å². The number of thiol groups is 1. The summed E-state index contributed by atoms with van der Waals surface area (Å²) < 4.78 is 0.483. The van der Waals surface area contributed by atoms with E-state index in [0.717, 1.165) is 12.1 Å². The highest BCUT2D eigenvalue weighted by molar-refractivity contribution is 8.11. The smallest absolute Gasteiger partial charge is 0.135 e. The van der Waals surface area contributed by atoms with Gasteiger partial charge in [-0.25, -0.2) is 0 Å². The maximum absolute atomic E-state index is 4.85. The first-order valence-electron chi connectivity index (χ1n) is 3.93. The molecule has 0 heterocycles. The van der Waals surface area contributed by atoms with Crippen molar-refractivity contribution in [1.82, 2.24) is 0 Å². The first-order chi connectivity index (χ1) is 6.24. The molecule has 0 radical (unpaired) electrons. The summed E-state index contributed by atoms with van der Waals surface area (Å²) in [5.74, 6) is 0. The van der Waals surface area contributed by atoms with Crippen LogP contribution in [-0.4, -0.2) is 4.32 Å². The Bertz CT molecular complexity index is 320. The number of hydrogen-bond donors (Lipinski definition) is 2. The van der Waals surface area contributed by atoms with Gasteiger partial charge in [0, 0.05) is 5.69 Å². The van der Waals surface area contributed by atoms with E-state index in [1.165, 1.54) is 5.56 Å². The summed E-state index contributed by atoms with van der Waals surface area (Å²) in [6.07, 6.45) is 2.70. The van der Waals surface area contributed by atoms with Gasteiger partial charge in [-0.15, -0.1) is 19.2 Å². The lowest BCUT2D eigenvalue weighted by Crippen LogP contribution is -2.03. The molecule has 0 spiro atoms. The SMILES string of the molecule is C=CCc1ccccc1NC(=S)S. The molecule has 0 saturated carbocycles. The minimum absolute atomic E-state index is 0.483. The van der Waals surface area contributed by atoms with E-state index in [4.69, 9.17) is 12.2 Å². The predicted octanol–water partition coefficient (Wildman–Crippen LogP) is 3.04. The van der Waals surface area contributed by atoms with E-state index in [2.05, 4.69) is 24.5 Å². The molecular weight excluding hydrogens is 198 g/mol. The van der Waals surface area contributed by atoms with Gasteiger partial charge in [0.05, 0.1) is 0 Å². The zero-order valence-electron chi connectivity index (χ0n) is 7.16. The van der Waals surface area contributed by atoms with Gasteiger partial charge in [0.2, 0.25) is 0 Å². The van der Waals surface area contributed by atoms with Gasteiger partial charge in [0.1, 0.15) is 4.32 Å². The largest absolute Gasteiger partial charge is 0.341 e. The third-order valence-electron chi connectivity index (χ3n) is 1.62. The lowest BCUT2D eigenvalue weighted by Gasteiger charge is -2.08. The van der Waals surface area contributed by atoms with Gasteiger partial charge in [0.25, 0.3) is 0 Å². The van der Waals surface area contributed by atoms with E-state index < -0.39 is 0 Å². The van der Waals surface area contributed by atoms with Gasteiger partial charge in [-0.05, 0) is 18.1 Å². The Morgan fingerprint density at radius 2 is 2.23 bits per heavy atom. The highest BCUT2D eigenvalue weighted by Crippen LogP contribution is 2.16. The first-order valence-corrected chi connectivity index (χ1v) is 4.78. The standard InChI is InChI=1S/C10H11NS2/c1-2-5-8-6-3-4-7-9(8)11-10(12)13/h2-4,6-7H,1,5H2,(H2,11,12,13). The fourth-order valence-corrected chi connectivity index (χ4v) is 1.32. The summed E-state index contributed by atoms with van der Waals surface area (Å²) in [5.41, 5.74) is 2.18. The van der Waals surface area contributed by atoms with Gasteiger partial charge in [-0.2, -0.15) is 0 Å². The van der Waals surface area contributed by atoms with Crippen LogP contribution in [0.25, 0.3) is 0 Å². The number of rotatable bonds is 3. The van der Waals surface area contributed by atoms with Gasteiger partial charge >= 0.3 is 0 Å². The van der Waals surface area contributed by atoms with Crippen LogP contribution in [0.5, 0.6) is 0 Å². The molecule has 13 heavy (non-hydrogen) atoms. The summed E-state index contributed by atoms with van der Waals surface area (Å²) in [5, 5.41) is 3.01. The lowest BCUT2D eigenvalue weighted by atomic mass is 10.1. The van der Waals surface area contributed by atoms with Crippen LogP contribution in [0.3, 0.4) is 0 Å². The van der Waals surface area contributed by atoms with Crippen molar-refractivity contribution in [1.29, 1.82) is 0 Å². The zero-order chi connectivity index (χ0) is 9.68. The average molecular weight is 209 g/mol. The molecule has 0 aliphatic carbocycles. The third-order valence-corrected chi connectivity index (χ3v) is 1.84. The number of allylic oxidation sites excluding steroid dienone is 1.